The van der Waals surface area contributed by atoms with Gasteiger partial charge in [-0.2, -0.15) is 0 Å². The fourth-order valence-corrected chi connectivity index (χ4v) is 4.28. The van der Waals surface area contributed by atoms with E-state index in [0.29, 0.717) is 53.9 Å². The second-order valence-corrected chi connectivity index (χ2v) is 7.44. The predicted molar refractivity (Wildman–Crippen MR) is 108 cm³/mol. The molecule has 2 aliphatic heterocycles. The molecule has 0 unspecified atom stereocenters. The number of nitrogens with one attached hydrogen (secondary N) is 1. The number of piperidine rings is 1. The third-order valence-corrected chi connectivity index (χ3v) is 5.94. The number of nitrogens with zero attached hydrogens (tertiary/aromatic N) is 5. The molecule has 1 aromatic carbocycles. The van der Waals surface area contributed by atoms with Gasteiger partial charge < -0.3 is 15.1 Å². The minimum absolute atomic E-state index is 0.0609. The van der Waals surface area contributed by atoms with E-state index in [2.05, 4.69) is 20.3 Å². The number of pyridine rings is 1. The number of para-hydroxylation sites is 1. The van der Waals surface area contributed by atoms with Crippen LogP contribution in [0.3, 0.4) is 0 Å². The van der Waals surface area contributed by atoms with Crippen LogP contribution in [0.1, 0.15) is 33.6 Å². The molecule has 146 valence electrons. The highest BCUT2D eigenvalue weighted by atomic mass is 16.2. The number of carbonyl (C=O) groups excluding carboxylic acids is 2. The van der Waals surface area contributed by atoms with Crippen molar-refractivity contribution in [3.63, 3.8) is 0 Å². The highest BCUT2D eigenvalue weighted by molar-refractivity contribution is 6.05. The Morgan fingerprint density at radius 1 is 1.03 bits per heavy atom. The van der Waals surface area contributed by atoms with E-state index in [0.717, 1.165) is 0 Å². The normalized spacial score (nSPS) is 17.9. The predicted octanol–water partition coefficient (Wildman–Crippen LogP) is 1.84. The number of benzene rings is 1. The van der Waals surface area contributed by atoms with E-state index in [1.165, 1.54) is 0 Å². The standard InChI is InChI=1S/C21H20N6O2/c1-26-18-15(5-3-9-24-18)19(28)25-21(26)7-12-27(13-8-21)20(29)14-4-2-6-16-17(14)23-11-10-22-16/h2-6,9-11H,7-8,12-13H2,1H3,(H,25,28). The van der Waals surface area contributed by atoms with Gasteiger partial charge >= 0.3 is 0 Å². The average Bonchev–Trinajstić information content (AvgIpc) is 2.77. The van der Waals surface area contributed by atoms with Crippen molar-refractivity contribution in [1.82, 2.24) is 25.2 Å². The molecule has 0 saturated carbocycles. The molecule has 0 aliphatic carbocycles. The molecule has 2 aliphatic rings. The molecule has 4 heterocycles. The highest BCUT2D eigenvalue weighted by Gasteiger charge is 2.45. The summed E-state index contributed by atoms with van der Waals surface area (Å²) in [4.78, 5) is 42.7. The quantitative estimate of drug-likeness (QED) is 0.684. The second kappa shape index (κ2) is 6.51. The number of fused-ring (bicyclic) bond motifs is 2. The van der Waals surface area contributed by atoms with Crippen LogP contribution < -0.4 is 10.2 Å². The Hall–Kier alpha value is -3.55. The number of amides is 2. The zero-order valence-electron chi connectivity index (χ0n) is 16.0. The number of aromatic nitrogens is 3. The van der Waals surface area contributed by atoms with Crippen molar-refractivity contribution in [2.75, 3.05) is 25.0 Å². The Kier molecular flexibility index (Phi) is 3.94. The fourth-order valence-electron chi connectivity index (χ4n) is 4.28. The molecule has 2 aromatic heterocycles. The molecule has 0 bridgehead atoms. The lowest BCUT2D eigenvalue weighted by Crippen LogP contribution is -2.67. The van der Waals surface area contributed by atoms with Crippen LogP contribution in [-0.2, 0) is 0 Å². The molecule has 1 saturated heterocycles. The second-order valence-electron chi connectivity index (χ2n) is 7.44. The van der Waals surface area contributed by atoms with Crippen LogP contribution in [0.5, 0.6) is 0 Å². The van der Waals surface area contributed by atoms with E-state index in [9.17, 15) is 9.59 Å². The number of hydrogen-bond acceptors (Lipinski definition) is 6. The van der Waals surface area contributed by atoms with Gasteiger partial charge in [-0.15, -0.1) is 0 Å². The van der Waals surface area contributed by atoms with Gasteiger partial charge in [0, 0.05) is 51.6 Å². The van der Waals surface area contributed by atoms with Gasteiger partial charge in [0.1, 0.15) is 17.0 Å². The maximum atomic E-state index is 13.2. The Morgan fingerprint density at radius 3 is 2.66 bits per heavy atom. The number of anilines is 1. The van der Waals surface area contributed by atoms with Crippen LogP contribution >= 0.6 is 0 Å². The van der Waals surface area contributed by atoms with Crippen LogP contribution in [0.15, 0.2) is 48.9 Å². The summed E-state index contributed by atoms with van der Waals surface area (Å²) in [6, 6.07) is 9.01. The van der Waals surface area contributed by atoms with Gasteiger partial charge in [0.2, 0.25) is 0 Å². The molecule has 0 atom stereocenters. The molecule has 2 amide bonds. The summed E-state index contributed by atoms with van der Waals surface area (Å²) in [5, 5.41) is 3.15. The van der Waals surface area contributed by atoms with Gasteiger partial charge in [-0.25, -0.2) is 4.98 Å². The monoisotopic (exact) mass is 388 g/mol. The Balaban J connectivity index is 1.39. The summed E-state index contributed by atoms with van der Waals surface area (Å²) < 4.78 is 0. The minimum Gasteiger partial charge on any atom is -0.338 e. The summed E-state index contributed by atoms with van der Waals surface area (Å²) in [6.07, 6.45) is 6.15. The average molecular weight is 388 g/mol. The zero-order chi connectivity index (χ0) is 20.0. The summed E-state index contributed by atoms with van der Waals surface area (Å²) in [6.45, 7) is 1.06. The van der Waals surface area contributed by atoms with E-state index < -0.39 is 5.66 Å². The lowest BCUT2D eigenvalue weighted by molar-refractivity contribution is 0.0609. The molecule has 1 spiro atoms. The molecule has 0 radical (unpaired) electrons. The van der Waals surface area contributed by atoms with Crippen LogP contribution in [0, 0.1) is 0 Å². The van der Waals surface area contributed by atoms with Crippen molar-refractivity contribution in [3.8, 4) is 0 Å². The van der Waals surface area contributed by atoms with Crippen molar-refractivity contribution in [2.24, 2.45) is 0 Å². The topological polar surface area (TPSA) is 91.3 Å². The molecule has 1 N–H and O–H groups in total. The van der Waals surface area contributed by atoms with Gasteiger partial charge in [-0.1, -0.05) is 6.07 Å². The molecular formula is C21H20N6O2. The highest BCUT2D eigenvalue weighted by Crippen LogP contribution is 2.35. The van der Waals surface area contributed by atoms with E-state index in [-0.39, 0.29) is 11.8 Å². The molecule has 8 heteroatoms. The third-order valence-electron chi connectivity index (χ3n) is 5.94. The van der Waals surface area contributed by atoms with Gasteiger partial charge in [-0.05, 0) is 24.3 Å². The Labute approximate surface area is 167 Å². The molecule has 5 rings (SSSR count). The molecule has 1 fully saturated rings. The first-order valence-corrected chi connectivity index (χ1v) is 9.59. The Bertz CT molecular complexity index is 1120. The lowest BCUT2D eigenvalue weighted by atomic mass is 9.91. The SMILES string of the molecule is CN1c2ncccc2C(=O)NC12CCN(C(=O)c1cccc3nccnc13)CC2. The largest absolute Gasteiger partial charge is 0.338 e. The van der Waals surface area contributed by atoms with Gasteiger partial charge in [0.15, 0.2) is 0 Å². The van der Waals surface area contributed by atoms with Crippen LogP contribution in [0.25, 0.3) is 11.0 Å². The van der Waals surface area contributed by atoms with E-state index in [1.54, 1.807) is 36.8 Å². The molecule has 3 aromatic rings. The van der Waals surface area contributed by atoms with Gasteiger partial charge in [0.05, 0.1) is 16.6 Å². The number of likely N-dealkylation sites (tertiary alicyclic amines) is 1. The number of hydrogen-bond donors (Lipinski definition) is 1. The maximum Gasteiger partial charge on any atom is 0.256 e. The van der Waals surface area contributed by atoms with E-state index >= 15 is 0 Å². The van der Waals surface area contributed by atoms with Gasteiger partial charge in [-0.3, -0.25) is 19.6 Å². The minimum atomic E-state index is -0.534. The fraction of sp³-hybridized carbons (Fsp3) is 0.286. The van der Waals surface area contributed by atoms with E-state index in [1.807, 2.05) is 29.0 Å². The van der Waals surface area contributed by atoms with Crippen molar-refractivity contribution in [2.45, 2.75) is 18.5 Å². The summed E-state index contributed by atoms with van der Waals surface area (Å²) in [5.74, 6) is 0.505. The first kappa shape index (κ1) is 17.5. The van der Waals surface area contributed by atoms with Gasteiger partial charge in [0.25, 0.3) is 11.8 Å². The molecule has 8 nitrogen and oxygen atoms in total. The third kappa shape index (κ3) is 2.71. The van der Waals surface area contributed by atoms with Crippen molar-refractivity contribution < 1.29 is 9.59 Å². The molecule has 29 heavy (non-hydrogen) atoms. The van der Waals surface area contributed by atoms with Crippen LogP contribution in [0.4, 0.5) is 5.82 Å². The van der Waals surface area contributed by atoms with Crippen LogP contribution in [0.2, 0.25) is 0 Å². The summed E-state index contributed by atoms with van der Waals surface area (Å²) in [7, 11) is 1.95. The summed E-state index contributed by atoms with van der Waals surface area (Å²) >= 11 is 0. The number of rotatable bonds is 1. The van der Waals surface area contributed by atoms with E-state index in [4.69, 9.17) is 0 Å². The number of carbonyl (C=O) groups is 2. The van der Waals surface area contributed by atoms with Crippen molar-refractivity contribution in [1.29, 1.82) is 0 Å². The smallest absolute Gasteiger partial charge is 0.256 e. The Morgan fingerprint density at radius 2 is 1.83 bits per heavy atom. The first-order chi connectivity index (χ1) is 14.1. The first-order valence-electron chi connectivity index (χ1n) is 9.59. The summed E-state index contributed by atoms with van der Waals surface area (Å²) in [5.41, 5.74) is 1.91. The van der Waals surface area contributed by atoms with Crippen molar-refractivity contribution >= 4 is 28.7 Å². The maximum absolute atomic E-state index is 13.2. The lowest BCUT2D eigenvalue weighted by Gasteiger charge is -2.50. The van der Waals surface area contributed by atoms with Crippen molar-refractivity contribution in [3.05, 3.63) is 60.0 Å². The molecular weight excluding hydrogens is 368 g/mol. The van der Waals surface area contributed by atoms with Crippen LogP contribution in [-0.4, -0.2) is 57.5 Å². The zero-order valence-corrected chi connectivity index (χ0v) is 16.0.